The smallest absolute Gasteiger partial charge is 0.0763 e. The van der Waals surface area contributed by atoms with E-state index in [2.05, 4.69) is 22.0 Å². The maximum absolute atomic E-state index is 9.32. The summed E-state index contributed by atoms with van der Waals surface area (Å²) >= 11 is 9.34. The van der Waals surface area contributed by atoms with Gasteiger partial charge in [0.1, 0.15) is 0 Å². The maximum Gasteiger partial charge on any atom is 0.0763 e. The van der Waals surface area contributed by atoms with Gasteiger partial charge in [-0.2, -0.15) is 5.26 Å². The number of nitriles is 1. The van der Waals surface area contributed by atoms with Crippen LogP contribution in [0.5, 0.6) is 0 Å². The number of hydrogen-bond donors (Lipinski definition) is 0. The minimum absolute atomic E-state index is 0.151. The van der Waals surface area contributed by atoms with Gasteiger partial charge in [0.05, 0.1) is 12.0 Å². The lowest BCUT2D eigenvalue weighted by Gasteiger charge is -2.11. The van der Waals surface area contributed by atoms with Crippen molar-refractivity contribution in [1.29, 1.82) is 5.26 Å². The third-order valence-electron chi connectivity index (χ3n) is 2.79. The standard InChI is InChI=1S/C15H11BrClN/c16-15-4-2-1-3-14(15)12(10-18)9-11-5-7-13(17)8-6-11/h1-8,12H,9H2/t12-/m1/s1. The van der Waals surface area contributed by atoms with Crippen LogP contribution in [0, 0.1) is 11.3 Å². The summed E-state index contributed by atoms with van der Waals surface area (Å²) in [5, 5.41) is 10.0. The number of hydrogen-bond acceptors (Lipinski definition) is 1. The van der Waals surface area contributed by atoms with E-state index in [0.29, 0.717) is 11.4 Å². The van der Waals surface area contributed by atoms with E-state index < -0.39 is 0 Å². The first kappa shape index (κ1) is 13.1. The van der Waals surface area contributed by atoms with E-state index in [-0.39, 0.29) is 5.92 Å². The van der Waals surface area contributed by atoms with Crippen molar-refractivity contribution >= 4 is 27.5 Å². The molecule has 0 radical (unpaired) electrons. The molecule has 0 aliphatic heterocycles. The van der Waals surface area contributed by atoms with Gasteiger partial charge in [0.2, 0.25) is 0 Å². The summed E-state index contributed by atoms with van der Waals surface area (Å²) in [5.41, 5.74) is 2.14. The van der Waals surface area contributed by atoms with Crippen LogP contribution >= 0.6 is 27.5 Å². The van der Waals surface area contributed by atoms with Crippen LogP contribution < -0.4 is 0 Å². The number of rotatable bonds is 3. The fourth-order valence-electron chi connectivity index (χ4n) is 1.84. The van der Waals surface area contributed by atoms with Gasteiger partial charge in [0.25, 0.3) is 0 Å². The zero-order valence-corrected chi connectivity index (χ0v) is 11.9. The lowest BCUT2D eigenvalue weighted by molar-refractivity contribution is 0.844. The van der Waals surface area contributed by atoms with Gasteiger partial charge in [-0.05, 0) is 35.7 Å². The summed E-state index contributed by atoms with van der Waals surface area (Å²) in [7, 11) is 0. The first-order valence-electron chi connectivity index (χ1n) is 5.59. The van der Waals surface area contributed by atoms with Gasteiger partial charge in [-0.15, -0.1) is 0 Å². The molecule has 2 aromatic rings. The summed E-state index contributed by atoms with van der Waals surface area (Å²) in [6.45, 7) is 0. The van der Waals surface area contributed by atoms with Crippen LogP contribution in [0.2, 0.25) is 5.02 Å². The van der Waals surface area contributed by atoms with Crippen molar-refractivity contribution in [3.05, 3.63) is 69.2 Å². The second-order valence-electron chi connectivity index (χ2n) is 4.03. The van der Waals surface area contributed by atoms with Crippen molar-refractivity contribution in [1.82, 2.24) is 0 Å². The van der Waals surface area contributed by atoms with E-state index >= 15 is 0 Å². The highest BCUT2D eigenvalue weighted by molar-refractivity contribution is 9.10. The van der Waals surface area contributed by atoms with Gasteiger partial charge in [0.15, 0.2) is 0 Å². The molecule has 18 heavy (non-hydrogen) atoms. The molecule has 2 rings (SSSR count). The molecule has 0 bridgehead atoms. The van der Waals surface area contributed by atoms with Crippen LogP contribution in [0.3, 0.4) is 0 Å². The van der Waals surface area contributed by atoms with Crippen molar-refractivity contribution in [2.45, 2.75) is 12.3 Å². The molecule has 0 N–H and O–H groups in total. The molecule has 1 nitrogen and oxygen atoms in total. The van der Waals surface area contributed by atoms with Crippen LogP contribution in [-0.2, 0) is 6.42 Å². The zero-order valence-electron chi connectivity index (χ0n) is 9.61. The third kappa shape index (κ3) is 3.13. The molecule has 0 amide bonds. The Balaban J connectivity index is 2.23. The molecule has 0 spiro atoms. The molecule has 0 aliphatic carbocycles. The SMILES string of the molecule is N#C[C@@H](Cc1ccc(Cl)cc1)c1ccccc1Br. The minimum atomic E-state index is -0.151. The predicted molar refractivity (Wildman–Crippen MR) is 77.7 cm³/mol. The Hall–Kier alpha value is -1.30. The van der Waals surface area contributed by atoms with Crippen LogP contribution in [-0.4, -0.2) is 0 Å². The molecule has 0 aromatic heterocycles. The molecule has 2 aromatic carbocycles. The molecule has 90 valence electrons. The Morgan fingerprint density at radius 2 is 1.78 bits per heavy atom. The van der Waals surface area contributed by atoms with E-state index in [4.69, 9.17) is 11.6 Å². The van der Waals surface area contributed by atoms with Crippen LogP contribution in [0.15, 0.2) is 53.0 Å². The predicted octanol–water partition coefficient (Wildman–Crippen LogP) is 4.95. The molecule has 0 fully saturated rings. The molecular weight excluding hydrogens is 310 g/mol. The number of benzene rings is 2. The maximum atomic E-state index is 9.32. The monoisotopic (exact) mass is 319 g/mol. The summed E-state index contributed by atoms with van der Waals surface area (Å²) in [5.74, 6) is -0.151. The number of nitrogens with zero attached hydrogens (tertiary/aromatic N) is 1. The third-order valence-corrected chi connectivity index (χ3v) is 3.76. The fourth-order valence-corrected chi connectivity index (χ4v) is 2.53. The van der Waals surface area contributed by atoms with E-state index in [1.165, 1.54) is 0 Å². The fraction of sp³-hybridized carbons (Fsp3) is 0.133. The summed E-state index contributed by atoms with van der Waals surface area (Å²) in [6, 6.07) is 17.8. The Kier molecular flexibility index (Phi) is 4.41. The minimum Gasteiger partial charge on any atom is -0.198 e. The van der Waals surface area contributed by atoms with Crippen molar-refractivity contribution in [3.8, 4) is 6.07 Å². The van der Waals surface area contributed by atoms with E-state index in [9.17, 15) is 5.26 Å². The van der Waals surface area contributed by atoms with Gasteiger partial charge in [-0.25, -0.2) is 0 Å². The molecule has 0 heterocycles. The topological polar surface area (TPSA) is 23.8 Å². The Bertz CT molecular complexity index is 572. The number of halogens is 2. The van der Waals surface area contributed by atoms with Crippen molar-refractivity contribution in [3.63, 3.8) is 0 Å². The average molecular weight is 321 g/mol. The van der Waals surface area contributed by atoms with Crippen molar-refractivity contribution in [2.24, 2.45) is 0 Å². The zero-order chi connectivity index (χ0) is 13.0. The Labute approximate surface area is 120 Å². The van der Waals surface area contributed by atoms with Crippen LogP contribution in [0.4, 0.5) is 0 Å². The van der Waals surface area contributed by atoms with E-state index in [1.54, 1.807) is 0 Å². The van der Waals surface area contributed by atoms with E-state index in [1.807, 2.05) is 48.5 Å². The van der Waals surface area contributed by atoms with Gasteiger partial charge in [0, 0.05) is 9.50 Å². The summed E-state index contributed by atoms with van der Waals surface area (Å²) in [6.07, 6.45) is 0.691. The Morgan fingerprint density at radius 3 is 2.39 bits per heavy atom. The molecule has 0 unspecified atom stereocenters. The highest BCUT2D eigenvalue weighted by Gasteiger charge is 2.14. The van der Waals surface area contributed by atoms with Crippen molar-refractivity contribution in [2.75, 3.05) is 0 Å². The summed E-state index contributed by atoms with van der Waals surface area (Å²) in [4.78, 5) is 0. The lowest BCUT2D eigenvalue weighted by atomic mass is 9.93. The largest absolute Gasteiger partial charge is 0.198 e. The second kappa shape index (κ2) is 6.04. The van der Waals surface area contributed by atoms with Gasteiger partial charge < -0.3 is 0 Å². The quantitative estimate of drug-likeness (QED) is 0.784. The summed E-state index contributed by atoms with van der Waals surface area (Å²) < 4.78 is 0.977. The lowest BCUT2D eigenvalue weighted by Crippen LogP contribution is -2.01. The van der Waals surface area contributed by atoms with Crippen LogP contribution in [0.1, 0.15) is 17.0 Å². The van der Waals surface area contributed by atoms with Gasteiger partial charge in [-0.1, -0.05) is 57.9 Å². The Morgan fingerprint density at radius 1 is 1.11 bits per heavy atom. The van der Waals surface area contributed by atoms with E-state index in [0.717, 1.165) is 15.6 Å². The molecule has 0 aliphatic rings. The van der Waals surface area contributed by atoms with Crippen LogP contribution in [0.25, 0.3) is 0 Å². The second-order valence-corrected chi connectivity index (χ2v) is 5.32. The molecule has 1 atom stereocenters. The molecule has 0 saturated carbocycles. The molecule has 0 saturated heterocycles. The first-order valence-corrected chi connectivity index (χ1v) is 6.76. The average Bonchev–Trinajstić information content (AvgIpc) is 2.39. The highest BCUT2D eigenvalue weighted by atomic mass is 79.9. The highest BCUT2D eigenvalue weighted by Crippen LogP contribution is 2.27. The first-order chi connectivity index (χ1) is 8.70. The molecule has 3 heteroatoms. The van der Waals surface area contributed by atoms with Crippen molar-refractivity contribution < 1.29 is 0 Å². The molecular formula is C15H11BrClN. The normalized spacial score (nSPS) is 11.8. The van der Waals surface area contributed by atoms with Gasteiger partial charge in [-0.3, -0.25) is 0 Å². The van der Waals surface area contributed by atoms with Gasteiger partial charge >= 0.3 is 0 Å².